The van der Waals surface area contributed by atoms with E-state index < -0.39 is 10.7 Å². The summed E-state index contributed by atoms with van der Waals surface area (Å²) in [5, 5.41) is 2.34. The van der Waals surface area contributed by atoms with Gasteiger partial charge in [0.1, 0.15) is 10.7 Å². The Morgan fingerprint density at radius 2 is 2.00 bits per heavy atom. The molecule has 0 spiro atoms. The summed E-state index contributed by atoms with van der Waals surface area (Å²) in [7, 11) is -2.40. The molecule has 0 unspecified atom stereocenters. The summed E-state index contributed by atoms with van der Waals surface area (Å²) >= 11 is 0. The van der Waals surface area contributed by atoms with Crippen LogP contribution in [0.2, 0.25) is 0 Å². The first kappa shape index (κ1) is 6.55. The summed E-state index contributed by atoms with van der Waals surface area (Å²) in [5.41, 5.74) is 0. The molecule has 0 radical (unpaired) electrons. The lowest BCUT2D eigenvalue weighted by molar-refractivity contribution is 0.614. The first-order chi connectivity index (χ1) is 3.27. The van der Waals surface area contributed by atoms with Crippen LogP contribution in [0.25, 0.3) is 0 Å². The lowest BCUT2D eigenvalue weighted by Gasteiger charge is -1.72. The van der Waals surface area contributed by atoms with Gasteiger partial charge in [0.05, 0.1) is 12.3 Å². The highest BCUT2D eigenvalue weighted by Gasteiger charge is 1.82. The molecule has 0 saturated heterocycles. The predicted molar refractivity (Wildman–Crippen MR) is 25.8 cm³/mol. The van der Waals surface area contributed by atoms with Gasteiger partial charge in [0, 0.05) is 0 Å². The van der Waals surface area contributed by atoms with Gasteiger partial charge in [0.15, 0.2) is 0 Å². The van der Waals surface area contributed by atoms with E-state index in [1.807, 2.05) is 0 Å². The van der Waals surface area contributed by atoms with Crippen LogP contribution in [0.15, 0.2) is 5.18 Å². The van der Waals surface area contributed by atoms with Crippen molar-refractivity contribution in [3.05, 3.63) is 4.91 Å². The van der Waals surface area contributed by atoms with E-state index in [0.717, 1.165) is 0 Å². The Labute approximate surface area is 42.5 Å². The summed E-state index contributed by atoms with van der Waals surface area (Å²) in [6.07, 6.45) is 0. The zero-order chi connectivity index (χ0) is 5.70. The fourth-order valence-corrected chi connectivity index (χ4v) is 0.367. The Kier molecular flexibility index (Phi) is 3.49. The van der Waals surface area contributed by atoms with Crippen LogP contribution in [-0.4, -0.2) is 20.7 Å². The summed E-state index contributed by atoms with van der Waals surface area (Å²) in [6.45, 7) is -0.126. The fourth-order valence-electron chi connectivity index (χ4n) is 0.122. The molecule has 0 aliphatic carbocycles. The minimum atomic E-state index is -2.40. The zero-order valence-electron chi connectivity index (χ0n) is 3.53. The topological polar surface area (TPSA) is 63.6 Å². The number of rotatable bonds is 3. The summed E-state index contributed by atoms with van der Waals surface area (Å²) in [4.78, 5) is 9.19. The van der Waals surface area contributed by atoms with Crippen LogP contribution in [0, 0.1) is 4.91 Å². The average molecular weight is 123 g/mol. The molecule has 0 heterocycles. The molecule has 4 nitrogen and oxygen atoms in total. The molecule has 42 valence electrons. The largest absolute Gasteiger partial charge is 0.232 e. The quantitative estimate of drug-likeness (QED) is 0.401. The second-order valence-electron chi connectivity index (χ2n) is 0.909. The normalized spacial score (nSPS) is 9.29. The maximum atomic E-state index is 9.60. The smallest absolute Gasteiger partial charge is 0.142 e. The molecule has 0 atom stereocenters. The molecule has 5 heteroatoms. The SMILES string of the molecule is O=NCC[SH](=O)=O. The minimum Gasteiger partial charge on any atom is -0.232 e. The highest BCUT2D eigenvalue weighted by atomic mass is 32.2. The number of thiol groups is 1. The second-order valence-corrected chi connectivity index (χ2v) is 2.02. The lowest BCUT2D eigenvalue weighted by atomic mass is 10.8. The molecule has 0 aromatic rings. The molecule has 0 fully saturated rings. The van der Waals surface area contributed by atoms with E-state index in [4.69, 9.17) is 0 Å². The van der Waals surface area contributed by atoms with Gasteiger partial charge < -0.3 is 0 Å². The van der Waals surface area contributed by atoms with Crippen molar-refractivity contribution in [1.82, 2.24) is 0 Å². The van der Waals surface area contributed by atoms with Gasteiger partial charge in [-0.2, -0.15) is 4.91 Å². The van der Waals surface area contributed by atoms with Gasteiger partial charge in [-0.25, -0.2) is 8.42 Å². The molecule has 7 heavy (non-hydrogen) atoms. The third-order valence-corrected chi connectivity index (χ3v) is 0.939. The van der Waals surface area contributed by atoms with Gasteiger partial charge in [-0.15, -0.1) is 0 Å². The van der Waals surface area contributed by atoms with Crippen molar-refractivity contribution in [2.24, 2.45) is 5.18 Å². The summed E-state index contributed by atoms with van der Waals surface area (Å²) < 4.78 is 19.2. The van der Waals surface area contributed by atoms with Gasteiger partial charge in [-0.3, -0.25) is 0 Å². The van der Waals surface area contributed by atoms with E-state index >= 15 is 0 Å². The van der Waals surface area contributed by atoms with E-state index in [2.05, 4.69) is 5.18 Å². The lowest BCUT2D eigenvalue weighted by Crippen LogP contribution is -1.89. The number of hydrogen-bond acceptors (Lipinski definition) is 4. The van der Waals surface area contributed by atoms with Crippen LogP contribution in [-0.2, 0) is 10.7 Å². The highest BCUT2D eigenvalue weighted by Crippen LogP contribution is 1.66. The highest BCUT2D eigenvalue weighted by molar-refractivity contribution is 7.72. The van der Waals surface area contributed by atoms with Crippen molar-refractivity contribution in [2.75, 3.05) is 12.3 Å². The van der Waals surface area contributed by atoms with E-state index in [0.29, 0.717) is 0 Å². The van der Waals surface area contributed by atoms with Crippen molar-refractivity contribution in [2.45, 2.75) is 0 Å². The van der Waals surface area contributed by atoms with Crippen LogP contribution < -0.4 is 0 Å². The Hall–Kier alpha value is -0.450. The van der Waals surface area contributed by atoms with E-state index in [9.17, 15) is 13.3 Å². The molecule has 0 N–H and O–H groups in total. The van der Waals surface area contributed by atoms with Crippen LogP contribution >= 0.6 is 0 Å². The molecule has 0 aromatic heterocycles. The monoisotopic (exact) mass is 123 g/mol. The Balaban J connectivity index is 3.14. The second kappa shape index (κ2) is 3.73. The van der Waals surface area contributed by atoms with Crippen LogP contribution in [0.5, 0.6) is 0 Å². The molecule has 0 rings (SSSR count). The molecule has 0 amide bonds. The molecule has 0 saturated carbocycles. The van der Waals surface area contributed by atoms with Gasteiger partial charge in [-0.05, 0) is 0 Å². The number of nitrogens with zero attached hydrogens (tertiary/aromatic N) is 1. The van der Waals surface area contributed by atoms with Gasteiger partial charge in [0.25, 0.3) is 0 Å². The minimum absolute atomic E-state index is 0.126. The van der Waals surface area contributed by atoms with Crippen LogP contribution in [0.4, 0.5) is 0 Å². The Bertz CT molecular complexity index is 110. The van der Waals surface area contributed by atoms with Crippen molar-refractivity contribution in [3.63, 3.8) is 0 Å². The Morgan fingerprint density at radius 1 is 1.43 bits per heavy atom. The van der Waals surface area contributed by atoms with E-state index in [1.165, 1.54) is 0 Å². The third-order valence-electron chi connectivity index (χ3n) is 0.374. The van der Waals surface area contributed by atoms with E-state index in [1.54, 1.807) is 0 Å². The molecule has 0 aliphatic heterocycles. The van der Waals surface area contributed by atoms with Crippen molar-refractivity contribution in [3.8, 4) is 0 Å². The molecule has 0 aromatic carbocycles. The van der Waals surface area contributed by atoms with Crippen molar-refractivity contribution in [1.29, 1.82) is 0 Å². The summed E-state index contributed by atoms with van der Waals surface area (Å²) in [5.74, 6) is -0.126. The first-order valence-electron chi connectivity index (χ1n) is 1.68. The number of nitroso groups, excluding NO2 is 1. The molecule has 0 bridgehead atoms. The van der Waals surface area contributed by atoms with Crippen LogP contribution in [0.3, 0.4) is 0 Å². The standard InChI is InChI=1S/C2H5NO3S/c4-3-1-2-7(5)6/h7H,1-2H2. The van der Waals surface area contributed by atoms with Crippen LogP contribution in [0.1, 0.15) is 0 Å². The molecular weight excluding hydrogens is 118 g/mol. The van der Waals surface area contributed by atoms with Gasteiger partial charge >= 0.3 is 0 Å². The number of hydrogen-bond donors (Lipinski definition) is 1. The van der Waals surface area contributed by atoms with Gasteiger partial charge in [0.2, 0.25) is 0 Å². The average Bonchev–Trinajstić information content (AvgIpc) is 1.61. The zero-order valence-corrected chi connectivity index (χ0v) is 4.43. The first-order valence-corrected chi connectivity index (χ1v) is 3.04. The third kappa shape index (κ3) is 5.55. The van der Waals surface area contributed by atoms with Crippen molar-refractivity contribution >= 4 is 10.7 Å². The predicted octanol–water partition coefficient (Wildman–Crippen LogP) is -0.636. The summed E-state index contributed by atoms with van der Waals surface area (Å²) in [6, 6.07) is 0. The Morgan fingerprint density at radius 3 is 2.14 bits per heavy atom. The van der Waals surface area contributed by atoms with E-state index in [-0.39, 0.29) is 12.3 Å². The molecular formula is C2H5NO3S. The van der Waals surface area contributed by atoms with Gasteiger partial charge in [-0.1, -0.05) is 5.18 Å². The maximum Gasteiger partial charge on any atom is 0.142 e. The molecule has 0 aliphatic rings. The van der Waals surface area contributed by atoms with Crippen molar-refractivity contribution < 1.29 is 8.42 Å². The maximum absolute atomic E-state index is 9.60. The fraction of sp³-hybridized carbons (Fsp3) is 1.00.